The van der Waals surface area contributed by atoms with E-state index in [1.807, 2.05) is 37.2 Å². The van der Waals surface area contributed by atoms with Crippen LogP contribution in [-0.4, -0.2) is 32.1 Å². The van der Waals surface area contributed by atoms with Crippen molar-refractivity contribution in [1.29, 1.82) is 0 Å². The van der Waals surface area contributed by atoms with E-state index in [9.17, 15) is 0 Å². The van der Waals surface area contributed by atoms with E-state index in [1.54, 1.807) is 18.4 Å². The third kappa shape index (κ3) is 4.75. The summed E-state index contributed by atoms with van der Waals surface area (Å²) in [6, 6.07) is 8.12. The average Bonchev–Trinajstić information content (AvgIpc) is 3.01. The van der Waals surface area contributed by atoms with E-state index in [0.29, 0.717) is 6.54 Å². The van der Waals surface area contributed by atoms with Crippen molar-refractivity contribution in [3.63, 3.8) is 0 Å². The van der Waals surface area contributed by atoms with Crippen molar-refractivity contribution in [2.24, 2.45) is 4.99 Å². The van der Waals surface area contributed by atoms with Gasteiger partial charge in [0, 0.05) is 27.7 Å². The number of nitrogens with one attached hydrogen (secondary N) is 2. The maximum Gasteiger partial charge on any atom is 0.191 e. The van der Waals surface area contributed by atoms with Crippen LogP contribution in [-0.2, 0) is 13.1 Å². The Hall–Kier alpha value is -2.08. The van der Waals surface area contributed by atoms with Crippen molar-refractivity contribution in [1.82, 2.24) is 15.6 Å². The summed E-state index contributed by atoms with van der Waals surface area (Å²) in [5, 5.41) is 10.8. The van der Waals surface area contributed by atoms with E-state index in [2.05, 4.69) is 37.4 Å². The molecule has 0 fully saturated rings. The molecule has 2 N–H and O–H groups in total. The molecule has 0 spiro atoms. The van der Waals surface area contributed by atoms with Gasteiger partial charge >= 0.3 is 0 Å². The molecule has 0 atom stereocenters. The highest BCUT2D eigenvalue weighted by Gasteiger charge is 2.02. The molecule has 6 heteroatoms. The molecule has 0 aliphatic heterocycles. The first kappa shape index (κ1) is 15.3. The summed E-state index contributed by atoms with van der Waals surface area (Å²) in [5.41, 5.74) is 2.25. The Bertz CT molecular complexity index is 578. The maximum atomic E-state index is 4.57. The van der Waals surface area contributed by atoms with Crippen LogP contribution < -0.4 is 15.5 Å². The van der Waals surface area contributed by atoms with Gasteiger partial charge in [0.05, 0.1) is 12.2 Å². The molecule has 21 heavy (non-hydrogen) atoms. The van der Waals surface area contributed by atoms with E-state index in [-0.39, 0.29) is 0 Å². The molecule has 5 nitrogen and oxygen atoms in total. The zero-order chi connectivity index (χ0) is 15.1. The standard InChI is InChI=1S/C15H21N5S/c1-16-15(17-9-12-7-8-21-11-12)18-10-13-5-4-6-14(19-13)20(2)3/h4-8,11H,9-10H2,1-3H3,(H2,16,17,18). The van der Waals surface area contributed by atoms with Gasteiger partial charge in [0.15, 0.2) is 5.96 Å². The molecule has 0 aromatic carbocycles. The SMILES string of the molecule is CN=C(NCc1ccsc1)NCc1cccc(N(C)C)n1. The second-order valence-electron chi connectivity index (χ2n) is 4.79. The highest BCUT2D eigenvalue weighted by atomic mass is 32.1. The van der Waals surface area contributed by atoms with E-state index in [1.165, 1.54) is 5.56 Å². The van der Waals surface area contributed by atoms with Crippen LogP contribution in [0.2, 0.25) is 0 Å². The number of nitrogens with zero attached hydrogens (tertiary/aromatic N) is 3. The Labute approximate surface area is 129 Å². The molecule has 2 rings (SSSR count). The van der Waals surface area contributed by atoms with Crippen molar-refractivity contribution in [3.8, 4) is 0 Å². The van der Waals surface area contributed by atoms with Crippen molar-refractivity contribution in [3.05, 3.63) is 46.3 Å². The summed E-state index contributed by atoms with van der Waals surface area (Å²) in [4.78, 5) is 10.8. The zero-order valence-corrected chi connectivity index (χ0v) is 13.4. The summed E-state index contributed by atoms with van der Waals surface area (Å²) in [6.45, 7) is 1.42. The fourth-order valence-corrected chi connectivity index (χ4v) is 2.46. The van der Waals surface area contributed by atoms with Gasteiger partial charge in [0.2, 0.25) is 0 Å². The quantitative estimate of drug-likeness (QED) is 0.656. The van der Waals surface area contributed by atoms with Crippen molar-refractivity contribution >= 4 is 23.1 Å². The maximum absolute atomic E-state index is 4.57. The predicted molar refractivity (Wildman–Crippen MR) is 89.9 cm³/mol. The molecule has 0 bridgehead atoms. The molecule has 0 unspecified atom stereocenters. The van der Waals surface area contributed by atoms with Crippen LogP contribution in [0.5, 0.6) is 0 Å². The highest BCUT2D eigenvalue weighted by molar-refractivity contribution is 7.07. The minimum Gasteiger partial charge on any atom is -0.363 e. The van der Waals surface area contributed by atoms with Gasteiger partial charge in [-0.05, 0) is 34.5 Å². The lowest BCUT2D eigenvalue weighted by molar-refractivity contribution is 0.794. The summed E-state index contributed by atoms with van der Waals surface area (Å²) in [6.07, 6.45) is 0. The van der Waals surface area contributed by atoms with Crippen LogP contribution in [0.3, 0.4) is 0 Å². The van der Waals surface area contributed by atoms with Gasteiger partial charge in [-0.25, -0.2) is 4.98 Å². The Morgan fingerprint density at radius 3 is 2.71 bits per heavy atom. The molecule has 2 aromatic rings. The predicted octanol–water partition coefficient (Wildman–Crippen LogP) is 2.07. The molecule has 112 valence electrons. The number of rotatable bonds is 5. The van der Waals surface area contributed by atoms with E-state index in [0.717, 1.165) is 24.0 Å². The number of guanidine groups is 1. The minimum atomic E-state index is 0.644. The van der Waals surface area contributed by atoms with Crippen molar-refractivity contribution in [2.75, 3.05) is 26.0 Å². The number of aromatic nitrogens is 1. The van der Waals surface area contributed by atoms with Gasteiger partial charge in [-0.1, -0.05) is 6.07 Å². The Balaban J connectivity index is 1.86. The molecule has 0 saturated heterocycles. The van der Waals surface area contributed by atoms with Crippen LogP contribution >= 0.6 is 11.3 Å². The van der Waals surface area contributed by atoms with Gasteiger partial charge in [-0.3, -0.25) is 4.99 Å². The first-order valence-electron chi connectivity index (χ1n) is 6.78. The number of anilines is 1. The number of aliphatic imine (C=N–C) groups is 1. The Morgan fingerprint density at radius 2 is 2.05 bits per heavy atom. The lowest BCUT2D eigenvalue weighted by atomic mass is 10.3. The highest BCUT2D eigenvalue weighted by Crippen LogP contribution is 2.07. The molecular formula is C15H21N5S. The molecule has 0 saturated carbocycles. The van der Waals surface area contributed by atoms with Crippen LogP contribution in [0.25, 0.3) is 0 Å². The minimum absolute atomic E-state index is 0.644. The lowest BCUT2D eigenvalue weighted by Crippen LogP contribution is -2.36. The lowest BCUT2D eigenvalue weighted by Gasteiger charge is -2.14. The van der Waals surface area contributed by atoms with Crippen LogP contribution in [0, 0.1) is 0 Å². The first-order valence-corrected chi connectivity index (χ1v) is 7.72. The van der Waals surface area contributed by atoms with Gasteiger partial charge in [-0.2, -0.15) is 11.3 Å². The number of thiophene rings is 1. The molecule has 0 radical (unpaired) electrons. The molecule has 0 aliphatic rings. The van der Waals surface area contributed by atoms with Crippen molar-refractivity contribution in [2.45, 2.75) is 13.1 Å². The fraction of sp³-hybridized carbons (Fsp3) is 0.333. The fourth-order valence-electron chi connectivity index (χ4n) is 1.79. The largest absolute Gasteiger partial charge is 0.363 e. The van der Waals surface area contributed by atoms with E-state index in [4.69, 9.17) is 0 Å². The number of pyridine rings is 1. The second-order valence-corrected chi connectivity index (χ2v) is 5.57. The summed E-state index contributed by atoms with van der Waals surface area (Å²) in [7, 11) is 5.74. The van der Waals surface area contributed by atoms with E-state index < -0.39 is 0 Å². The smallest absolute Gasteiger partial charge is 0.191 e. The summed E-state index contributed by atoms with van der Waals surface area (Å²) >= 11 is 1.70. The van der Waals surface area contributed by atoms with Gasteiger partial charge < -0.3 is 15.5 Å². The third-order valence-corrected chi connectivity index (χ3v) is 3.68. The summed E-state index contributed by atoms with van der Waals surface area (Å²) in [5.74, 6) is 1.73. The van der Waals surface area contributed by atoms with Crippen LogP contribution in [0.15, 0.2) is 40.0 Å². The van der Waals surface area contributed by atoms with Gasteiger partial charge in [0.25, 0.3) is 0 Å². The molecular weight excluding hydrogens is 282 g/mol. The number of hydrogen-bond acceptors (Lipinski definition) is 4. The molecule has 0 aliphatic carbocycles. The van der Waals surface area contributed by atoms with Crippen LogP contribution in [0.1, 0.15) is 11.3 Å². The third-order valence-electron chi connectivity index (χ3n) is 2.95. The monoisotopic (exact) mass is 303 g/mol. The topological polar surface area (TPSA) is 52.6 Å². The summed E-state index contributed by atoms with van der Waals surface area (Å²) < 4.78 is 0. The zero-order valence-electron chi connectivity index (χ0n) is 12.6. The molecule has 0 amide bonds. The van der Waals surface area contributed by atoms with E-state index >= 15 is 0 Å². The average molecular weight is 303 g/mol. The molecule has 2 heterocycles. The first-order chi connectivity index (χ1) is 10.2. The number of hydrogen-bond donors (Lipinski definition) is 2. The normalized spacial score (nSPS) is 11.3. The van der Waals surface area contributed by atoms with Gasteiger partial charge in [0.1, 0.15) is 5.82 Å². The van der Waals surface area contributed by atoms with Gasteiger partial charge in [-0.15, -0.1) is 0 Å². The van der Waals surface area contributed by atoms with Crippen molar-refractivity contribution < 1.29 is 0 Å². The Kier molecular flexibility index (Phi) is 5.57. The molecule has 2 aromatic heterocycles. The Morgan fingerprint density at radius 1 is 1.24 bits per heavy atom. The van der Waals surface area contributed by atoms with Crippen LogP contribution in [0.4, 0.5) is 5.82 Å². The second kappa shape index (κ2) is 7.64.